The normalized spacial score (nSPS) is 17.6. The molecule has 1 aliphatic rings. The highest BCUT2D eigenvalue weighted by Crippen LogP contribution is 2.18. The molecule has 0 spiro atoms. The highest BCUT2D eigenvalue weighted by molar-refractivity contribution is 7.80. The number of carbonyl (C=O) groups excluding carboxylic acids is 1. The first-order valence-corrected chi connectivity index (χ1v) is 7.46. The van der Waals surface area contributed by atoms with Crippen LogP contribution >= 0.6 is 23.8 Å². The number of piperazine rings is 1. The monoisotopic (exact) mass is 329 g/mol. The summed E-state index contributed by atoms with van der Waals surface area (Å²) in [4.78, 5) is 16.7. The largest absolute Gasteiger partial charge is 0.392 e. The zero-order valence-electron chi connectivity index (χ0n) is 11.7. The number of benzene rings is 1. The number of hydrogen-bond acceptors (Lipinski definition) is 3. The fourth-order valence-electron chi connectivity index (χ4n) is 2.30. The molecule has 0 radical (unpaired) electrons. The van der Waals surface area contributed by atoms with E-state index < -0.39 is 5.82 Å². The second-order valence-corrected chi connectivity index (χ2v) is 5.91. The van der Waals surface area contributed by atoms with Gasteiger partial charge in [0, 0.05) is 31.7 Å². The maximum absolute atomic E-state index is 13.1. The van der Waals surface area contributed by atoms with Crippen LogP contribution in [-0.2, 0) is 0 Å². The van der Waals surface area contributed by atoms with E-state index in [4.69, 9.17) is 29.6 Å². The molecular weight excluding hydrogens is 313 g/mol. The number of carbonyl (C=O) groups is 1. The minimum absolute atomic E-state index is 0.0255. The van der Waals surface area contributed by atoms with E-state index in [1.54, 1.807) is 4.90 Å². The molecule has 4 nitrogen and oxygen atoms in total. The van der Waals surface area contributed by atoms with Crippen LogP contribution in [0, 0.1) is 5.82 Å². The van der Waals surface area contributed by atoms with Crippen LogP contribution in [-0.4, -0.2) is 52.9 Å². The molecular formula is C14H17ClFN3OS. The van der Waals surface area contributed by atoms with Crippen LogP contribution in [0.4, 0.5) is 4.39 Å². The summed E-state index contributed by atoms with van der Waals surface area (Å²) in [5, 5.41) is -0.0402. The molecule has 1 unspecified atom stereocenters. The van der Waals surface area contributed by atoms with E-state index in [0.717, 1.165) is 0 Å². The summed E-state index contributed by atoms with van der Waals surface area (Å²) in [5.74, 6) is -0.664. The predicted molar refractivity (Wildman–Crippen MR) is 85.1 cm³/mol. The summed E-state index contributed by atoms with van der Waals surface area (Å²) < 4.78 is 13.1. The molecule has 1 amide bonds. The van der Waals surface area contributed by atoms with Crippen molar-refractivity contribution >= 4 is 34.7 Å². The van der Waals surface area contributed by atoms with E-state index in [1.165, 1.54) is 18.2 Å². The highest BCUT2D eigenvalue weighted by Gasteiger charge is 2.25. The molecule has 2 rings (SSSR count). The van der Waals surface area contributed by atoms with Crippen molar-refractivity contribution < 1.29 is 9.18 Å². The van der Waals surface area contributed by atoms with Crippen molar-refractivity contribution in [1.82, 2.24) is 9.80 Å². The van der Waals surface area contributed by atoms with E-state index in [9.17, 15) is 9.18 Å². The summed E-state index contributed by atoms with van der Waals surface area (Å²) in [5.41, 5.74) is 6.04. The van der Waals surface area contributed by atoms with Crippen molar-refractivity contribution in [3.8, 4) is 0 Å². The van der Waals surface area contributed by atoms with Crippen molar-refractivity contribution in [3.63, 3.8) is 0 Å². The van der Waals surface area contributed by atoms with Crippen molar-refractivity contribution in [3.05, 3.63) is 34.6 Å². The van der Waals surface area contributed by atoms with Crippen LogP contribution < -0.4 is 5.73 Å². The molecule has 1 heterocycles. The van der Waals surface area contributed by atoms with Crippen molar-refractivity contribution in [2.75, 3.05) is 26.2 Å². The minimum Gasteiger partial charge on any atom is -0.392 e. The second-order valence-electron chi connectivity index (χ2n) is 5.04. The summed E-state index contributed by atoms with van der Waals surface area (Å²) in [6.45, 7) is 4.54. The molecule has 114 valence electrons. The molecule has 0 bridgehead atoms. The molecule has 1 saturated heterocycles. The molecule has 0 aliphatic carbocycles. The average molecular weight is 330 g/mol. The van der Waals surface area contributed by atoms with Crippen molar-refractivity contribution in [2.45, 2.75) is 13.0 Å². The van der Waals surface area contributed by atoms with E-state index in [0.29, 0.717) is 36.7 Å². The first-order chi connectivity index (χ1) is 9.90. The van der Waals surface area contributed by atoms with Crippen molar-refractivity contribution in [1.29, 1.82) is 0 Å². The lowest BCUT2D eigenvalue weighted by molar-refractivity contribution is 0.0621. The number of nitrogens with zero attached hydrogens (tertiary/aromatic N) is 2. The lowest BCUT2D eigenvalue weighted by Crippen LogP contribution is -2.53. The first kappa shape index (κ1) is 16.1. The Bertz CT molecular complexity index is 561. The van der Waals surface area contributed by atoms with Gasteiger partial charge >= 0.3 is 0 Å². The number of rotatable bonds is 3. The number of nitrogens with two attached hydrogens (primary N) is 1. The number of amides is 1. The molecule has 7 heteroatoms. The van der Waals surface area contributed by atoms with Gasteiger partial charge in [-0.25, -0.2) is 4.39 Å². The van der Waals surface area contributed by atoms with E-state index in [2.05, 4.69) is 4.90 Å². The van der Waals surface area contributed by atoms with Crippen molar-refractivity contribution in [2.24, 2.45) is 5.73 Å². The quantitative estimate of drug-likeness (QED) is 0.861. The van der Waals surface area contributed by atoms with Crippen LogP contribution in [0.1, 0.15) is 17.3 Å². The third-order valence-electron chi connectivity index (χ3n) is 3.73. The van der Waals surface area contributed by atoms with Gasteiger partial charge < -0.3 is 10.6 Å². The fraction of sp³-hybridized carbons (Fsp3) is 0.429. The molecule has 21 heavy (non-hydrogen) atoms. The number of thiocarbonyl (C=S) groups is 1. The van der Waals surface area contributed by atoms with E-state index >= 15 is 0 Å². The predicted octanol–water partition coefficient (Wildman–Crippen LogP) is 1.91. The Kier molecular flexibility index (Phi) is 5.13. The average Bonchev–Trinajstić information content (AvgIpc) is 2.48. The summed E-state index contributed by atoms with van der Waals surface area (Å²) in [7, 11) is 0. The van der Waals surface area contributed by atoms with Gasteiger partial charge in [0.1, 0.15) is 5.82 Å². The SMILES string of the molecule is CC(C(N)=S)N1CCN(C(=O)c2ccc(F)c(Cl)c2)CC1. The van der Waals surface area contributed by atoms with Gasteiger partial charge in [-0.15, -0.1) is 0 Å². The van der Waals surface area contributed by atoms with Crippen LogP contribution in [0.5, 0.6) is 0 Å². The molecule has 1 atom stereocenters. The Hall–Kier alpha value is -1.24. The van der Waals surface area contributed by atoms with Crippen LogP contribution in [0.15, 0.2) is 18.2 Å². The van der Waals surface area contributed by atoms with Gasteiger partial charge in [-0.2, -0.15) is 0 Å². The molecule has 2 N–H and O–H groups in total. The van der Waals surface area contributed by atoms with Gasteiger partial charge in [-0.1, -0.05) is 23.8 Å². The standard InChI is InChI=1S/C14H17ClFN3OS/c1-9(13(17)21)18-4-6-19(7-5-18)14(20)10-2-3-12(16)11(15)8-10/h2-3,8-9H,4-7H2,1H3,(H2,17,21). The van der Waals surface area contributed by atoms with Gasteiger partial charge in [0.2, 0.25) is 0 Å². The van der Waals surface area contributed by atoms with Gasteiger partial charge in [0.15, 0.2) is 0 Å². The Balaban J connectivity index is 2.00. The topological polar surface area (TPSA) is 49.6 Å². The molecule has 0 aromatic heterocycles. The zero-order valence-corrected chi connectivity index (χ0v) is 13.3. The Morgan fingerprint density at radius 2 is 2.00 bits per heavy atom. The number of halogens is 2. The smallest absolute Gasteiger partial charge is 0.253 e. The Labute approximate surface area is 133 Å². The Morgan fingerprint density at radius 3 is 2.52 bits per heavy atom. The summed E-state index contributed by atoms with van der Waals surface area (Å²) >= 11 is 10.7. The summed E-state index contributed by atoms with van der Waals surface area (Å²) in [6.07, 6.45) is 0. The van der Waals surface area contributed by atoms with Gasteiger partial charge in [-0.3, -0.25) is 9.69 Å². The van der Waals surface area contributed by atoms with Crippen LogP contribution in [0.3, 0.4) is 0 Å². The lowest BCUT2D eigenvalue weighted by atomic mass is 10.1. The molecule has 0 saturated carbocycles. The molecule has 1 aromatic rings. The molecule has 1 aromatic carbocycles. The molecule has 1 fully saturated rings. The van der Waals surface area contributed by atoms with Crippen LogP contribution in [0.25, 0.3) is 0 Å². The highest BCUT2D eigenvalue weighted by atomic mass is 35.5. The second kappa shape index (κ2) is 6.68. The third-order valence-corrected chi connectivity index (χ3v) is 4.36. The Morgan fingerprint density at radius 1 is 1.38 bits per heavy atom. The molecule has 1 aliphatic heterocycles. The van der Waals surface area contributed by atoms with Crippen LogP contribution in [0.2, 0.25) is 5.02 Å². The lowest BCUT2D eigenvalue weighted by Gasteiger charge is -2.37. The third kappa shape index (κ3) is 3.70. The maximum atomic E-state index is 13.1. The zero-order chi connectivity index (χ0) is 15.6. The number of hydrogen-bond donors (Lipinski definition) is 1. The van der Waals surface area contributed by atoms with E-state index in [1.807, 2.05) is 6.92 Å². The van der Waals surface area contributed by atoms with E-state index in [-0.39, 0.29) is 17.0 Å². The van der Waals surface area contributed by atoms with Gasteiger partial charge in [0.05, 0.1) is 16.1 Å². The van der Waals surface area contributed by atoms with Gasteiger partial charge in [0.25, 0.3) is 5.91 Å². The maximum Gasteiger partial charge on any atom is 0.253 e. The minimum atomic E-state index is -0.525. The fourth-order valence-corrected chi connectivity index (χ4v) is 2.63. The summed E-state index contributed by atoms with van der Waals surface area (Å²) in [6, 6.07) is 4.05. The van der Waals surface area contributed by atoms with Gasteiger partial charge in [-0.05, 0) is 25.1 Å². The first-order valence-electron chi connectivity index (χ1n) is 6.68.